The fourth-order valence-electron chi connectivity index (χ4n) is 2.17. The molecular formula is C18H28O. The number of aromatic hydroxyl groups is 1. The van der Waals surface area contributed by atoms with E-state index in [-0.39, 0.29) is 5.41 Å². The molecule has 106 valence electrons. The Morgan fingerprint density at radius 2 is 1.84 bits per heavy atom. The Kier molecular flexibility index (Phi) is 6.14. The van der Waals surface area contributed by atoms with Crippen LogP contribution in [-0.2, 0) is 0 Å². The predicted molar refractivity (Wildman–Crippen MR) is 84.2 cm³/mol. The van der Waals surface area contributed by atoms with Crippen LogP contribution in [0.4, 0.5) is 0 Å². The Balaban J connectivity index is 2.60. The van der Waals surface area contributed by atoms with Crippen LogP contribution in [0.5, 0.6) is 5.75 Å². The van der Waals surface area contributed by atoms with Gasteiger partial charge in [-0.2, -0.15) is 0 Å². The molecule has 1 aromatic rings. The highest BCUT2D eigenvalue weighted by atomic mass is 16.3. The average molecular weight is 260 g/mol. The molecule has 1 rings (SSSR count). The number of phenols is 1. The third-order valence-electron chi connectivity index (χ3n) is 3.91. The minimum Gasteiger partial charge on any atom is -0.508 e. The normalized spacial score (nSPS) is 15.0. The third kappa shape index (κ3) is 5.96. The molecule has 1 atom stereocenters. The van der Waals surface area contributed by atoms with Crippen LogP contribution in [0.1, 0.15) is 58.9 Å². The van der Waals surface area contributed by atoms with Gasteiger partial charge < -0.3 is 5.11 Å². The monoisotopic (exact) mass is 260 g/mol. The van der Waals surface area contributed by atoms with E-state index in [2.05, 4.69) is 39.8 Å². The molecular weight excluding hydrogens is 232 g/mol. The van der Waals surface area contributed by atoms with Crippen molar-refractivity contribution < 1.29 is 5.11 Å². The van der Waals surface area contributed by atoms with Crippen molar-refractivity contribution in [1.29, 1.82) is 0 Å². The fraction of sp³-hybridized carbons (Fsp3) is 0.556. The second-order valence-corrected chi connectivity index (χ2v) is 6.22. The standard InChI is InChI=1S/C18H28O/c1-5-18(4,13-6-7-15(2)3)14-12-16-8-10-17(19)11-9-16/h8-12,14-15,19H,5-7,13H2,1-4H3/b14-12+. The zero-order chi connectivity index (χ0) is 14.3. The molecule has 19 heavy (non-hydrogen) atoms. The summed E-state index contributed by atoms with van der Waals surface area (Å²) in [5.41, 5.74) is 1.44. The summed E-state index contributed by atoms with van der Waals surface area (Å²) in [5.74, 6) is 1.12. The van der Waals surface area contributed by atoms with E-state index < -0.39 is 0 Å². The Hall–Kier alpha value is -1.24. The van der Waals surface area contributed by atoms with Gasteiger partial charge in [0.2, 0.25) is 0 Å². The van der Waals surface area contributed by atoms with Crippen molar-refractivity contribution in [1.82, 2.24) is 0 Å². The molecule has 0 aliphatic heterocycles. The molecule has 0 aliphatic rings. The Morgan fingerprint density at radius 1 is 1.21 bits per heavy atom. The van der Waals surface area contributed by atoms with Gasteiger partial charge in [-0.05, 0) is 41.9 Å². The molecule has 0 radical (unpaired) electrons. The van der Waals surface area contributed by atoms with Crippen LogP contribution in [0, 0.1) is 11.3 Å². The maximum atomic E-state index is 9.27. The summed E-state index contributed by atoms with van der Waals surface area (Å²) in [6.07, 6.45) is 9.53. The smallest absolute Gasteiger partial charge is 0.115 e. The van der Waals surface area contributed by atoms with Gasteiger partial charge in [-0.15, -0.1) is 0 Å². The summed E-state index contributed by atoms with van der Waals surface area (Å²) < 4.78 is 0. The molecule has 0 aliphatic carbocycles. The van der Waals surface area contributed by atoms with Crippen LogP contribution in [0.25, 0.3) is 6.08 Å². The van der Waals surface area contributed by atoms with Gasteiger partial charge in [0.25, 0.3) is 0 Å². The highest BCUT2D eigenvalue weighted by Gasteiger charge is 2.17. The lowest BCUT2D eigenvalue weighted by molar-refractivity contribution is 0.349. The van der Waals surface area contributed by atoms with Crippen molar-refractivity contribution in [3.05, 3.63) is 35.9 Å². The molecule has 0 bridgehead atoms. The van der Waals surface area contributed by atoms with E-state index in [4.69, 9.17) is 0 Å². The van der Waals surface area contributed by atoms with E-state index in [1.165, 1.54) is 25.7 Å². The summed E-state index contributed by atoms with van der Waals surface area (Å²) in [6, 6.07) is 7.38. The Bertz CT molecular complexity index is 389. The van der Waals surface area contributed by atoms with Crippen LogP contribution >= 0.6 is 0 Å². The van der Waals surface area contributed by atoms with Gasteiger partial charge in [0.15, 0.2) is 0 Å². The Morgan fingerprint density at radius 3 is 2.37 bits per heavy atom. The molecule has 0 spiro atoms. The van der Waals surface area contributed by atoms with Gasteiger partial charge >= 0.3 is 0 Å². The summed E-state index contributed by atoms with van der Waals surface area (Å²) in [5, 5.41) is 9.27. The molecule has 0 heterocycles. The number of rotatable bonds is 7. The second kappa shape index (κ2) is 7.37. The molecule has 1 aromatic carbocycles. The van der Waals surface area contributed by atoms with E-state index >= 15 is 0 Å². The maximum absolute atomic E-state index is 9.27. The van der Waals surface area contributed by atoms with Crippen LogP contribution in [0.3, 0.4) is 0 Å². The van der Waals surface area contributed by atoms with Gasteiger partial charge in [-0.1, -0.05) is 64.8 Å². The fourth-order valence-corrected chi connectivity index (χ4v) is 2.17. The molecule has 0 amide bonds. The van der Waals surface area contributed by atoms with Crippen molar-refractivity contribution in [3.63, 3.8) is 0 Å². The summed E-state index contributed by atoms with van der Waals surface area (Å²) >= 11 is 0. The summed E-state index contributed by atoms with van der Waals surface area (Å²) in [6.45, 7) is 9.17. The number of benzene rings is 1. The van der Waals surface area contributed by atoms with Crippen molar-refractivity contribution in [2.24, 2.45) is 11.3 Å². The first-order valence-electron chi connectivity index (χ1n) is 7.43. The zero-order valence-electron chi connectivity index (χ0n) is 12.8. The number of hydrogen-bond donors (Lipinski definition) is 1. The van der Waals surface area contributed by atoms with Crippen LogP contribution in [-0.4, -0.2) is 5.11 Å². The lowest BCUT2D eigenvalue weighted by Gasteiger charge is -2.24. The zero-order valence-corrected chi connectivity index (χ0v) is 12.8. The average Bonchev–Trinajstić information content (AvgIpc) is 2.38. The van der Waals surface area contributed by atoms with E-state index in [0.717, 1.165) is 11.5 Å². The molecule has 0 saturated heterocycles. The molecule has 0 fully saturated rings. The third-order valence-corrected chi connectivity index (χ3v) is 3.91. The molecule has 1 unspecified atom stereocenters. The summed E-state index contributed by atoms with van der Waals surface area (Å²) in [4.78, 5) is 0. The number of phenolic OH excluding ortho intramolecular Hbond substituents is 1. The van der Waals surface area contributed by atoms with Gasteiger partial charge in [0.05, 0.1) is 0 Å². The van der Waals surface area contributed by atoms with Gasteiger partial charge in [-0.3, -0.25) is 0 Å². The summed E-state index contributed by atoms with van der Waals surface area (Å²) in [7, 11) is 0. The minimum absolute atomic E-state index is 0.285. The molecule has 1 heteroatoms. The first-order chi connectivity index (χ1) is 8.95. The highest BCUT2D eigenvalue weighted by Crippen LogP contribution is 2.31. The quantitative estimate of drug-likeness (QED) is 0.672. The molecule has 1 N–H and O–H groups in total. The number of allylic oxidation sites excluding steroid dienone is 1. The highest BCUT2D eigenvalue weighted by molar-refractivity contribution is 5.51. The van der Waals surface area contributed by atoms with Crippen molar-refractivity contribution in [2.45, 2.75) is 53.4 Å². The molecule has 0 aromatic heterocycles. The predicted octanol–water partition coefficient (Wildman–Crippen LogP) is 5.65. The van der Waals surface area contributed by atoms with Gasteiger partial charge in [0, 0.05) is 0 Å². The van der Waals surface area contributed by atoms with E-state index in [1.54, 1.807) is 12.1 Å². The van der Waals surface area contributed by atoms with E-state index in [1.807, 2.05) is 12.1 Å². The molecule has 0 saturated carbocycles. The first-order valence-corrected chi connectivity index (χ1v) is 7.43. The second-order valence-electron chi connectivity index (χ2n) is 6.22. The first kappa shape index (κ1) is 15.8. The largest absolute Gasteiger partial charge is 0.508 e. The van der Waals surface area contributed by atoms with Gasteiger partial charge in [0.1, 0.15) is 5.75 Å². The van der Waals surface area contributed by atoms with Crippen molar-refractivity contribution in [2.75, 3.05) is 0 Å². The van der Waals surface area contributed by atoms with E-state index in [9.17, 15) is 5.11 Å². The SMILES string of the molecule is CCC(C)(/C=C/c1ccc(O)cc1)CCCC(C)C. The minimum atomic E-state index is 0.285. The van der Waals surface area contributed by atoms with Crippen LogP contribution in [0.2, 0.25) is 0 Å². The Labute approximate surface area is 118 Å². The van der Waals surface area contributed by atoms with Crippen molar-refractivity contribution >= 4 is 6.08 Å². The van der Waals surface area contributed by atoms with Gasteiger partial charge in [-0.25, -0.2) is 0 Å². The van der Waals surface area contributed by atoms with Crippen molar-refractivity contribution in [3.8, 4) is 5.75 Å². The topological polar surface area (TPSA) is 20.2 Å². The van der Waals surface area contributed by atoms with Crippen LogP contribution in [0.15, 0.2) is 30.3 Å². The lowest BCUT2D eigenvalue weighted by Crippen LogP contribution is -2.11. The van der Waals surface area contributed by atoms with Crippen LogP contribution < -0.4 is 0 Å². The van der Waals surface area contributed by atoms with E-state index in [0.29, 0.717) is 5.75 Å². The number of hydrogen-bond acceptors (Lipinski definition) is 1. The maximum Gasteiger partial charge on any atom is 0.115 e. The molecule has 1 nitrogen and oxygen atoms in total. The lowest BCUT2D eigenvalue weighted by atomic mass is 9.81.